The minimum atomic E-state index is -3.37. The van der Waals surface area contributed by atoms with Gasteiger partial charge in [-0.25, -0.2) is 22.4 Å². The Labute approximate surface area is 369 Å². The molecule has 2 N–H and O–H groups in total. The summed E-state index contributed by atoms with van der Waals surface area (Å²) in [6, 6.07) is 15.2. The maximum Gasteiger partial charge on any atom is 0.410 e. The Bertz CT molecular complexity index is 2200. The number of ether oxygens (including phenoxy) is 1. The van der Waals surface area contributed by atoms with E-state index >= 15 is 17.6 Å². The highest BCUT2D eigenvalue weighted by molar-refractivity contribution is 6.80. The molecule has 338 valence electrons. The molecule has 0 fully saturated rings. The molecule has 0 saturated heterocycles. The molecule has 4 aliphatic rings. The molecule has 0 spiro atoms. The number of amides is 1. The average Bonchev–Trinajstić information content (AvgIpc) is 3.63. The van der Waals surface area contributed by atoms with Crippen LogP contribution in [0.2, 0.25) is 16.1 Å². The second kappa shape index (κ2) is 20.0. The van der Waals surface area contributed by atoms with Gasteiger partial charge in [0.2, 0.25) is 8.32 Å². The van der Waals surface area contributed by atoms with E-state index in [0.717, 1.165) is 22.0 Å². The maximum atomic E-state index is 17.0. The van der Waals surface area contributed by atoms with Crippen molar-refractivity contribution in [3.63, 3.8) is 0 Å². The molecular weight excluding hydrogens is 828 g/mol. The van der Waals surface area contributed by atoms with Crippen LogP contribution in [0.4, 0.5) is 26.7 Å². The molecule has 3 aromatic rings. The maximum absolute atomic E-state index is 17.0. The fraction of sp³-hybridized carbons (Fsp3) is 0.460. The molecule has 1 aliphatic heterocycles. The van der Waals surface area contributed by atoms with E-state index in [-0.39, 0.29) is 49.4 Å². The molecule has 3 aliphatic carbocycles. The summed E-state index contributed by atoms with van der Waals surface area (Å²) in [6.07, 6.45) is 18.3. The van der Waals surface area contributed by atoms with Gasteiger partial charge in [0.05, 0.1) is 31.8 Å². The molecule has 13 heteroatoms. The number of carbonyl (C=O) groups excluding carboxylic acids is 1. The topological polar surface area (TPSA) is 69.8 Å². The van der Waals surface area contributed by atoms with Crippen LogP contribution in [0.3, 0.4) is 0 Å². The zero-order valence-corrected chi connectivity index (χ0v) is 37.7. The van der Waals surface area contributed by atoms with Crippen LogP contribution in [0, 0.1) is 5.92 Å². The second-order valence-corrected chi connectivity index (χ2v) is 23.2. The van der Waals surface area contributed by atoms with Crippen LogP contribution in [0.15, 0.2) is 127 Å². The van der Waals surface area contributed by atoms with E-state index < -0.39 is 75.2 Å². The van der Waals surface area contributed by atoms with E-state index in [1.54, 1.807) is 4.90 Å². The summed E-state index contributed by atoms with van der Waals surface area (Å²) in [5, 5.41) is 3.52. The van der Waals surface area contributed by atoms with Gasteiger partial charge in [0, 0.05) is 59.1 Å². The lowest BCUT2D eigenvalue weighted by atomic mass is 9.80. The standard InChI is InChI=1S/C50H61F5N4O3Si/c1-35-29-41-40-23-14-15-24-44(40)57-46(41)47(59(35)33-50(54,55)34-62-63(49(2,3)4,38-19-10-6-11-20-38)39-21-12-7-13-22-39)45-42(52)30-37(31-43(45)53)56-26-28-58(27-16-25-51)48(60)61-32-36-17-8-5-9-18-36/h5-15,17-19,21,23-24,30-31,35,38-39,42,45,47,56-57H,16,20,22,25-29,32-34H2,1-4H3/t35-,38?,39?,42?,45?,47-,63?/m1/s1. The number of nitrogens with zero attached hydrogens (tertiary/aromatic N) is 2. The zero-order chi connectivity index (χ0) is 44.8. The van der Waals surface area contributed by atoms with Gasteiger partial charge in [-0.1, -0.05) is 118 Å². The first-order valence-corrected chi connectivity index (χ1v) is 24.3. The van der Waals surface area contributed by atoms with Gasteiger partial charge < -0.3 is 24.4 Å². The van der Waals surface area contributed by atoms with Crippen LogP contribution < -0.4 is 5.32 Å². The van der Waals surface area contributed by atoms with Gasteiger partial charge in [0.25, 0.3) is 5.92 Å². The number of para-hydroxylation sites is 1. The molecular formula is C50H61F5N4O3Si. The van der Waals surface area contributed by atoms with Crippen molar-refractivity contribution in [1.29, 1.82) is 0 Å². The van der Waals surface area contributed by atoms with E-state index in [1.165, 1.54) is 17.1 Å². The highest BCUT2D eigenvalue weighted by Crippen LogP contribution is 2.56. The Morgan fingerprint density at radius 1 is 0.968 bits per heavy atom. The number of nitrogens with one attached hydrogen (secondary N) is 2. The summed E-state index contributed by atoms with van der Waals surface area (Å²) in [5.74, 6) is -5.59. The zero-order valence-electron chi connectivity index (χ0n) is 36.7. The lowest BCUT2D eigenvalue weighted by molar-refractivity contribution is -0.0946. The van der Waals surface area contributed by atoms with Crippen molar-refractivity contribution in [2.24, 2.45) is 5.92 Å². The van der Waals surface area contributed by atoms with E-state index in [9.17, 15) is 9.18 Å². The molecule has 7 nitrogen and oxygen atoms in total. The van der Waals surface area contributed by atoms with Crippen LogP contribution in [0.25, 0.3) is 10.9 Å². The average molecular weight is 889 g/mol. The van der Waals surface area contributed by atoms with Gasteiger partial charge in [-0.3, -0.25) is 9.29 Å². The van der Waals surface area contributed by atoms with Crippen molar-refractivity contribution >= 4 is 25.3 Å². The van der Waals surface area contributed by atoms with Crippen molar-refractivity contribution in [2.75, 3.05) is 39.5 Å². The lowest BCUT2D eigenvalue weighted by Gasteiger charge is -2.51. The van der Waals surface area contributed by atoms with E-state index in [2.05, 4.69) is 55.4 Å². The highest BCUT2D eigenvalue weighted by Gasteiger charge is 2.57. The fourth-order valence-corrected chi connectivity index (χ4v) is 16.0. The number of halogens is 5. The SMILES string of the molecule is C[C@@H]1Cc2c([nH]c3ccccc23)[C@@H](C2C(F)=CC(NCCN(CCCF)C(=O)OCc3ccccc3)=CC2F)N1CC(F)(F)CO[Si](C1C=CC=CC1)(C1C=CC=CC1)C(C)(C)C. The minimum absolute atomic E-state index is 0.0231. The van der Waals surface area contributed by atoms with Crippen molar-refractivity contribution in [1.82, 2.24) is 20.1 Å². The molecule has 4 unspecified atom stereocenters. The van der Waals surface area contributed by atoms with Crippen molar-refractivity contribution in [3.8, 4) is 0 Å². The number of aromatic amines is 1. The third kappa shape index (κ3) is 10.3. The van der Waals surface area contributed by atoms with Crippen LogP contribution >= 0.6 is 0 Å². The number of carbonyl (C=O) groups is 1. The Balaban J connectivity index is 1.11. The number of benzene rings is 2. The van der Waals surface area contributed by atoms with Crippen LogP contribution in [0.1, 0.15) is 69.8 Å². The van der Waals surface area contributed by atoms with Crippen LogP contribution in [-0.4, -0.2) is 86.8 Å². The molecule has 1 amide bonds. The van der Waals surface area contributed by atoms with Gasteiger partial charge in [-0.05, 0) is 67.0 Å². The van der Waals surface area contributed by atoms with E-state index in [1.807, 2.05) is 85.8 Å². The molecule has 7 rings (SSSR count). The molecule has 6 atom stereocenters. The van der Waals surface area contributed by atoms with Crippen molar-refractivity contribution < 1.29 is 35.9 Å². The largest absolute Gasteiger partial charge is 0.445 e. The molecule has 63 heavy (non-hydrogen) atoms. The Kier molecular flexibility index (Phi) is 14.7. The molecule has 0 bridgehead atoms. The van der Waals surface area contributed by atoms with E-state index in [4.69, 9.17) is 9.16 Å². The minimum Gasteiger partial charge on any atom is -0.445 e. The predicted molar refractivity (Wildman–Crippen MR) is 243 cm³/mol. The van der Waals surface area contributed by atoms with Crippen molar-refractivity contribution in [3.05, 3.63) is 144 Å². The summed E-state index contributed by atoms with van der Waals surface area (Å²) in [4.78, 5) is 19.3. The number of allylic oxidation sites excluding steroid dienone is 10. The number of H-pyrrole nitrogens is 1. The number of rotatable bonds is 17. The van der Waals surface area contributed by atoms with Gasteiger partial charge in [-0.2, -0.15) is 0 Å². The third-order valence-electron chi connectivity index (χ3n) is 13.1. The Morgan fingerprint density at radius 2 is 1.65 bits per heavy atom. The molecule has 2 aromatic carbocycles. The number of hydrogen-bond acceptors (Lipinski definition) is 5. The van der Waals surface area contributed by atoms with Gasteiger partial charge in [0.15, 0.2) is 0 Å². The summed E-state index contributed by atoms with van der Waals surface area (Å²) in [7, 11) is -3.07. The highest BCUT2D eigenvalue weighted by atomic mass is 28.4. The van der Waals surface area contributed by atoms with Gasteiger partial charge >= 0.3 is 6.09 Å². The molecule has 1 aromatic heterocycles. The van der Waals surface area contributed by atoms with E-state index in [0.29, 0.717) is 25.0 Å². The molecule has 0 radical (unpaired) electrons. The number of hydrogen-bond donors (Lipinski definition) is 2. The number of aromatic nitrogens is 1. The number of alkyl halides is 4. The predicted octanol–water partition coefficient (Wildman–Crippen LogP) is 11.9. The third-order valence-corrected chi connectivity index (χ3v) is 19.1. The smallest absolute Gasteiger partial charge is 0.410 e. The normalized spacial score (nSPS) is 24.7. The van der Waals surface area contributed by atoms with Crippen LogP contribution in [-0.2, 0) is 22.2 Å². The van der Waals surface area contributed by atoms with Crippen molar-refractivity contribution in [2.45, 2.75) is 100 Å². The first kappa shape index (κ1) is 46.3. The summed E-state index contributed by atoms with van der Waals surface area (Å²) < 4.78 is 93.0. The summed E-state index contributed by atoms with van der Waals surface area (Å²) in [6.45, 7) is 6.31. The summed E-state index contributed by atoms with van der Waals surface area (Å²) in [5.41, 5.74) is 3.08. The first-order chi connectivity index (χ1) is 30.2. The molecule has 2 heterocycles. The second-order valence-electron chi connectivity index (χ2n) is 18.3. The first-order valence-electron chi connectivity index (χ1n) is 22.2. The lowest BCUT2D eigenvalue weighted by Crippen LogP contribution is -2.58. The monoisotopic (exact) mass is 888 g/mol. The summed E-state index contributed by atoms with van der Waals surface area (Å²) >= 11 is 0. The fourth-order valence-electron chi connectivity index (χ4n) is 10.2. The molecule has 0 saturated carbocycles. The van der Waals surface area contributed by atoms with Gasteiger partial charge in [0.1, 0.15) is 18.6 Å². The van der Waals surface area contributed by atoms with Gasteiger partial charge in [-0.15, -0.1) is 0 Å². The quantitative estimate of drug-likeness (QED) is 0.104. The Hall–Kier alpha value is -4.72. The number of fused-ring (bicyclic) bond motifs is 3. The van der Waals surface area contributed by atoms with Crippen LogP contribution in [0.5, 0.6) is 0 Å². The Morgan fingerprint density at radius 3 is 2.29 bits per heavy atom.